The minimum Gasteiger partial charge on any atom is -0.490 e. The van der Waals surface area contributed by atoms with Crippen LogP contribution >= 0.6 is 11.6 Å². The Labute approximate surface area is 144 Å². The van der Waals surface area contributed by atoms with Crippen LogP contribution in [0.25, 0.3) is 0 Å². The molecule has 1 N–H and O–H groups in total. The van der Waals surface area contributed by atoms with E-state index in [1.807, 2.05) is 12.1 Å². The van der Waals surface area contributed by atoms with Crippen LogP contribution in [-0.2, 0) is 16.0 Å². The maximum atomic E-state index is 11.9. The summed E-state index contributed by atoms with van der Waals surface area (Å²) >= 11 is 5.94. The second-order valence-corrected chi connectivity index (χ2v) is 5.74. The van der Waals surface area contributed by atoms with Gasteiger partial charge < -0.3 is 14.8 Å². The van der Waals surface area contributed by atoms with Gasteiger partial charge in [0.25, 0.3) is 0 Å². The number of halogens is 1. The fraction of sp³-hybridized carbons (Fsp3) is 0.222. The highest BCUT2D eigenvalue weighted by molar-refractivity contribution is 6.33. The maximum absolute atomic E-state index is 11.9. The van der Waals surface area contributed by atoms with Gasteiger partial charge in [-0.05, 0) is 42.3 Å². The molecule has 1 aliphatic rings. The van der Waals surface area contributed by atoms with E-state index in [2.05, 4.69) is 5.32 Å². The van der Waals surface area contributed by atoms with Crippen LogP contribution in [0.3, 0.4) is 0 Å². The Kier molecular flexibility index (Phi) is 5.01. The van der Waals surface area contributed by atoms with Crippen molar-refractivity contribution >= 4 is 29.2 Å². The first-order valence-electron chi connectivity index (χ1n) is 7.61. The molecule has 0 radical (unpaired) electrons. The summed E-state index contributed by atoms with van der Waals surface area (Å²) in [7, 11) is 0. The van der Waals surface area contributed by atoms with Crippen molar-refractivity contribution in [2.45, 2.75) is 12.8 Å². The first-order chi connectivity index (χ1) is 11.6. The zero-order valence-electron chi connectivity index (χ0n) is 12.9. The zero-order chi connectivity index (χ0) is 16.9. The zero-order valence-corrected chi connectivity index (χ0v) is 13.6. The third-order valence-electron chi connectivity index (χ3n) is 3.65. The van der Waals surface area contributed by atoms with Crippen LogP contribution in [0.4, 0.5) is 5.69 Å². The molecular weight excluding hydrogens is 330 g/mol. The van der Waals surface area contributed by atoms with Gasteiger partial charge in [-0.2, -0.15) is 0 Å². The Morgan fingerprint density at radius 1 is 1.12 bits per heavy atom. The molecular formula is C18H16ClNO4. The summed E-state index contributed by atoms with van der Waals surface area (Å²) in [6.45, 7) is 0.360. The largest absolute Gasteiger partial charge is 0.490 e. The number of aryl methyl sites for hydroxylation is 1. The SMILES string of the molecule is O=C1CCc2cc(OCCOC(=O)c3ccccc3Cl)ccc2N1. The molecule has 1 heterocycles. The molecule has 0 fully saturated rings. The normalized spacial score (nSPS) is 13.0. The minimum absolute atomic E-state index is 0.0302. The average Bonchev–Trinajstić information content (AvgIpc) is 2.59. The third kappa shape index (κ3) is 3.86. The van der Waals surface area contributed by atoms with E-state index in [1.165, 1.54) is 0 Å². The van der Waals surface area contributed by atoms with Crippen molar-refractivity contribution < 1.29 is 19.1 Å². The van der Waals surface area contributed by atoms with Crippen LogP contribution in [0.15, 0.2) is 42.5 Å². The number of fused-ring (bicyclic) bond motifs is 1. The maximum Gasteiger partial charge on any atom is 0.339 e. The summed E-state index contributed by atoms with van der Waals surface area (Å²) in [5.41, 5.74) is 2.20. The lowest BCUT2D eigenvalue weighted by Gasteiger charge is -2.17. The van der Waals surface area contributed by atoms with Crippen molar-refractivity contribution in [1.29, 1.82) is 0 Å². The number of amides is 1. The molecule has 0 unspecified atom stereocenters. The topological polar surface area (TPSA) is 64.6 Å². The molecule has 1 aliphatic heterocycles. The first-order valence-corrected chi connectivity index (χ1v) is 7.98. The molecule has 0 bridgehead atoms. The number of anilines is 1. The van der Waals surface area contributed by atoms with Crippen molar-refractivity contribution in [1.82, 2.24) is 0 Å². The minimum atomic E-state index is -0.475. The van der Waals surface area contributed by atoms with E-state index in [4.69, 9.17) is 21.1 Å². The lowest BCUT2D eigenvalue weighted by molar-refractivity contribution is -0.116. The molecule has 0 spiro atoms. The van der Waals surface area contributed by atoms with E-state index in [-0.39, 0.29) is 19.1 Å². The van der Waals surface area contributed by atoms with Gasteiger partial charge in [0.05, 0.1) is 10.6 Å². The van der Waals surface area contributed by atoms with Crippen molar-refractivity contribution in [3.63, 3.8) is 0 Å². The lowest BCUT2D eigenvalue weighted by Crippen LogP contribution is -2.19. The molecule has 24 heavy (non-hydrogen) atoms. The molecule has 0 saturated carbocycles. The molecule has 0 aromatic heterocycles. The van der Waals surface area contributed by atoms with E-state index in [0.29, 0.717) is 29.2 Å². The highest BCUT2D eigenvalue weighted by atomic mass is 35.5. The van der Waals surface area contributed by atoms with Gasteiger partial charge in [-0.1, -0.05) is 23.7 Å². The number of hydrogen-bond donors (Lipinski definition) is 1. The molecule has 0 saturated heterocycles. The second-order valence-electron chi connectivity index (χ2n) is 5.33. The summed E-state index contributed by atoms with van der Waals surface area (Å²) in [6, 6.07) is 12.2. The molecule has 3 rings (SSSR count). The Morgan fingerprint density at radius 3 is 2.79 bits per heavy atom. The number of ether oxygens (including phenoxy) is 2. The summed E-state index contributed by atoms with van der Waals surface area (Å²) in [5.74, 6) is 0.235. The van der Waals surface area contributed by atoms with E-state index in [0.717, 1.165) is 11.3 Å². The molecule has 124 valence electrons. The highest BCUT2D eigenvalue weighted by Gasteiger charge is 2.15. The number of esters is 1. The predicted molar refractivity (Wildman–Crippen MR) is 90.6 cm³/mol. The number of nitrogens with one attached hydrogen (secondary N) is 1. The quantitative estimate of drug-likeness (QED) is 0.665. The molecule has 0 aliphatic carbocycles. The van der Waals surface area contributed by atoms with E-state index in [9.17, 15) is 9.59 Å². The van der Waals surface area contributed by atoms with E-state index < -0.39 is 5.97 Å². The monoisotopic (exact) mass is 345 g/mol. The molecule has 2 aromatic rings. The number of carbonyl (C=O) groups is 2. The predicted octanol–water partition coefficient (Wildman–Crippen LogP) is 3.46. The van der Waals surface area contributed by atoms with Gasteiger partial charge in [-0.15, -0.1) is 0 Å². The summed E-state index contributed by atoms with van der Waals surface area (Å²) < 4.78 is 10.7. The summed E-state index contributed by atoms with van der Waals surface area (Å²) in [4.78, 5) is 23.2. The van der Waals surface area contributed by atoms with Gasteiger partial charge in [0.1, 0.15) is 19.0 Å². The fourth-order valence-electron chi connectivity index (χ4n) is 2.45. The molecule has 5 nitrogen and oxygen atoms in total. The van der Waals surface area contributed by atoms with Crippen LogP contribution in [0.2, 0.25) is 5.02 Å². The number of rotatable bonds is 5. The van der Waals surface area contributed by atoms with Gasteiger partial charge in [0.2, 0.25) is 5.91 Å². The van der Waals surface area contributed by atoms with Crippen molar-refractivity contribution in [2.75, 3.05) is 18.5 Å². The number of carbonyl (C=O) groups excluding carboxylic acids is 2. The molecule has 6 heteroatoms. The molecule has 2 aromatic carbocycles. The van der Waals surface area contributed by atoms with Gasteiger partial charge >= 0.3 is 5.97 Å². The average molecular weight is 346 g/mol. The van der Waals surface area contributed by atoms with Crippen molar-refractivity contribution in [3.8, 4) is 5.75 Å². The lowest BCUT2D eigenvalue weighted by atomic mass is 10.0. The summed E-state index contributed by atoms with van der Waals surface area (Å²) in [5, 5.41) is 3.18. The molecule has 0 atom stereocenters. The van der Waals surface area contributed by atoms with E-state index >= 15 is 0 Å². The second kappa shape index (κ2) is 7.36. The Hall–Kier alpha value is -2.53. The van der Waals surface area contributed by atoms with E-state index in [1.54, 1.807) is 30.3 Å². The number of benzene rings is 2. The van der Waals surface area contributed by atoms with Gasteiger partial charge in [-0.25, -0.2) is 4.79 Å². The van der Waals surface area contributed by atoms with Crippen LogP contribution in [0.1, 0.15) is 22.3 Å². The van der Waals surface area contributed by atoms with Gasteiger partial charge in [0, 0.05) is 12.1 Å². The third-order valence-corrected chi connectivity index (χ3v) is 3.98. The van der Waals surface area contributed by atoms with Crippen LogP contribution in [-0.4, -0.2) is 25.1 Å². The standard InChI is InChI=1S/C18H16ClNO4/c19-15-4-2-1-3-14(15)18(22)24-10-9-23-13-6-7-16-12(11-13)5-8-17(21)20-16/h1-4,6-7,11H,5,8-10H2,(H,20,21). The fourth-order valence-corrected chi connectivity index (χ4v) is 2.66. The Bertz CT molecular complexity index is 775. The van der Waals surface area contributed by atoms with Crippen LogP contribution < -0.4 is 10.1 Å². The Morgan fingerprint density at radius 2 is 1.96 bits per heavy atom. The van der Waals surface area contributed by atoms with Gasteiger partial charge in [0.15, 0.2) is 0 Å². The van der Waals surface area contributed by atoms with Crippen molar-refractivity contribution in [3.05, 3.63) is 58.6 Å². The van der Waals surface area contributed by atoms with Crippen molar-refractivity contribution in [2.24, 2.45) is 0 Å². The Balaban J connectivity index is 1.49. The first kappa shape index (κ1) is 16.3. The molecule has 1 amide bonds. The van der Waals surface area contributed by atoms with Crippen LogP contribution in [0.5, 0.6) is 5.75 Å². The summed E-state index contributed by atoms with van der Waals surface area (Å²) in [6.07, 6.45) is 1.17. The van der Waals surface area contributed by atoms with Crippen LogP contribution in [0, 0.1) is 0 Å². The smallest absolute Gasteiger partial charge is 0.339 e. The number of hydrogen-bond acceptors (Lipinski definition) is 4. The highest BCUT2D eigenvalue weighted by Crippen LogP contribution is 2.26. The van der Waals surface area contributed by atoms with Gasteiger partial charge in [-0.3, -0.25) is 4.79 Å².